The van der Waals surface area contributed by atoms with Crippen molar-refractivity contribution in [1.82, 2.24) is 4.31 Å². The molecule has 0 unspecified atom stereocenters. The van der Waals surface area contributed by atoms with Gasteiger partial charge in [0.25, 0.3) is 8.32 Å². The molecule has 2 aromatic rings. The summed E-state index contributed by atoms with van der Waals surface area (Å²) in [7, 11) is -3.66. The monoisotopic (exact) mass is 517 g/mol. The zero-order chi connectivity index (χ0) is 24.5. The maximum absolute atomic E-state index is 14.1. The number of halogens is 3. The van der Waals surface area contributed by atoms with Gasteiger partial charge < -0.3 is 4.43 Å². The predicted molar refractivity (Wildman–Crippen MR) is 131 cm³/mol. The van der Waals surface area contributed by atoms with Crippen LogP contribution >= 0.6 is 23.2 Å². The van der Waals surface area contributed by atoms with E-state index in [2.05, 4.69) is 16.0 Å². The molecule has 0 bridgehead atoms. The Morgan fingerprint density at radius 1 is 1.03 bits per heavy atom. The average Bonchev–Trinajstić information content (AvgIpc) is 2.65. The summed E-state index contributed by atoms with van der Waals surface area (Å²) < 4.78 is 47.6. The van der Waals surface area contributed by atoms with E-state index >= 15 is 0 Å². The molecule has 0 fully saturated rings. The molecule has 0 aliphatic carbocycles. The van der Waals surface area contributed by atoms with Crippen molar-refractivity contribution < 1.29 is 17.2 Å². The summed E-state index contributed by atoms with van der Waals surface area (Å²) in [5.41, 5.74) is 0.106. The van der Waals surface area contributed by atoms with Crippen LogP contribution in [0.15, 0.2) is 45.2 Å². The number of hydrogen-bond acceptors (Lipinski definition) is 5. The van der Waals surface area contributed by atoms with E-state index in [1.807, 2.05) is 33.9 Å². The molecule has 174 valence electrons. The standard InChI is InChI=1S/C21H26Cl2FN3O3SSi/c1-21(2,3)32(6,7)30-19-17(12-11-15(23)20(19)31(28,29)27(4)5)26-13-25-16-10-8-9-14(22)18(16)24/h8-12H,1-7H3. The Balaban J connectivity index is 2.75. The van der Waals surface area contributed by atoms with Crippen molar-refractivity contribution in [3.05, 3.63) is 46.2 Å². The Kier molecular flexibility index (Phi) is 7.98. The van der Waals surface area contributed by atoms with Gasteiger partial charge in [0.2, 0.25) is 10.0 Å². The molecule has 0 heterocycles. The highest BCUT2D eigenvalue weighted by molar-refractivity contribution is 7.89. The minimum absolute atomic E-state index is 0.00387. The summed E-state index contributed by atoms with van der Waals surface area (Å²) in [6.07, 6.45) is 0. The molecule has 0 saturated carbocycles. The maximum atomic E-state index is 14.1. The molecule has 0 saturated heterocycles. The van der Waals surface area contributed by atoms with Gasteiger partial charge in [-0.3, -0.25) is 0 Å². The maximum Gasteiger partial charge on any atom is 0.250 e. The van der Waals surface area contributed by atoms with Gasteiger partial charge in [0.1, 0.15) is 22.3 Å². The number of benzene rings is 2. The highest BCUT2D eigenvalue weighted by Crippen LogP contribution is 2.45. The zero-order valence-electron chi connectivity index (χ0n) is 19.0. The van der Waals surface area contributed by atoms with Crippen molar-refractivity contribution in [2.45, 2.75) is 43.8 Å². The Morgan fingerprint density at radius 2 is 1.62 bits per heavy atom. The molecule has 0 amide bonds. The fraction of sp³-hybridized carbons (Fsp3) is 0.381. The lowest BCUT2D eigenvalue weighted by molar-refractivity contribution is 0.473. The summed E-state index contributed by atoms with van der Waals surface area (Å²) >= 11 is 12.1. The molecule has 0 aliphatic heterocycles. The Labute approximate surface area is 199 Å². The van der Waals surface area contributed by atoms with Gasteiger partial charge in [-0.05, 0) is 42.4 Å². The smallest absolute Gasteiger partial charge is 0.250 e. The first-order valence-electron chi connectivity index (χ1n) is 9.64. The van der Waals surface area contributed by atoms with Gasteiger partial charge in [0.05, 0.1) is 10.0 Å². The second-order valence-corrected chi connectivity index (χ2v) is 16.4. The van der Waals surface area contributed by atoms with Crippen LogP contribution in [0.25, 0.3) is 0 Å². The third-order valence-corrected chi connectivity index (χ3v) is 12.1. The van der Waals surface area contributed by atoms with Crippen LogP contribution < -0.4 is 4.43 Å². The van der Waals surface area contributed by atoms with Crippen LogP contribution in [0.5, 0.6) is 5.75 Å². The number of nitrogens with zero attached hydrogens (tertiary/aromatic N) is 3. The molecule has 0 N–H and O–H groups in total. The second kappa shape index (κ2) is 9.63. The van der Waals surface area contributed by atoms with Crippen LogP contribution in [0.4, 0.5) is 15.8 Å². The van der Waals surface area contributed by atoms with Crippen molar-refractivity contribution >= 4 is 58.9 Å². The molecule has 2 rings (SSSR count). The van der Waals surface area contributed by atoms with Crippen LogP contribution in [-0.2, 0) is 10.0 Å². The van der Waals surface area contributed by atoms with Crippen LogP contribution in [0.1, 0.15) is 20.8 Å². The predicted octanol–water partition coefficient (Wildman–Crippen LogP) is 6.90. The highest BCUT2D eigenvalue weighted by Gasteiger charge is 2.41. The van der Waals surface area contributed by atoms with Crippen LogP contribution in [0.3, 0.4) is 0 Å². The summed E-state index contributed by atoms with van der Waals surface area (Å²) in [6.45, 7) is 10.0. The molecule has 0 atom stereocenters. The molecule has 0 aromatic heterocycles. The largest absolute Gasteiger partial charge is 0.541 e. The molecule has 0 aliphatic rings. The molecule has 0 radical (unpaired) electrons. The van der Waals surface area contributed by atoms with Gasteiger partial charge in [-0.1, -0.05) is 50.0 Å². The Hall–Kier alpha value is -1.74. The van der Waals surface area contributed by atoms with Crippen LogP contribution in [-0.4, -0.2) is 41.1 Å². The lowest BCUT2D eigenvalue weighted by atomic mass is 10.2. The van der Waals surface area contributed by atoms with E-state index in [9.17, 15) is 12.8 Å². The first kappa shape index (κ1) is 26.5. The molecule has 2 aromatic carbocycles. The van der Waals surface area contributed by atoms with E-state index < -0.39 is 24.2 Å². The van der Waals surface area contributed by atoms with Gasteiger partial charge in [-0.2, -0.15) is 9.98 Å². The topological polar surface area (TPSA) is 71.3 Å². The molecule has 32 heavy (non-hydrogen) atoms. The van der Waals surface area contributed by atoms with E-state index in [4.69, 9.17) is 27.6 Å². The SMILES string of the molecule is CN(C)S(=O)(=O)c1c(Cl)ccc(N=C=Nc2cccc(Cl)c2F)c1O[Si](C)(C)C(C)(C)C. The van der Waals surface area contributed by atoms with Gasteiger partial charge in [-0.25, -0.2) is 17.1 Å². The van der Waals surface area contributed by atoms with Crippen molar-refractivity contribution in [3.8, 4) is 5.75 Å². The van der Waals surface area contributed by atoms with E-state index in [1.54, 1.807) is 6.07 Å². The van der Waals surface area contributed by atoms with Gasteiger partial charge in [0.15, 0.2) is 11.6 Å². The number of sulfonamides is 1. The second-order valence-electron chi connectivity index (χ2n) is 8.77. The number of aliphatic imine (C=N–C) groups is 2. The molecule has 11 heteroatoms. The summed E-state index contributed by atoms with van der Waals surface area (Å²) in [5, 5.41) is -0.307. The highest BCUT2D eigenvalue weighted by atomic mass is 35.5. The third kappa shape index (κ3) is 5.59. The van der Waals surface area contributed by atoms with Gasteiger partial charge >= 0.3 is 0 Å². The molecule has 6 nitrogen and oxygen atoms in total. The number of hydrogen-bond donors (Lipinski definition) is 0. The summed E-state index contributed by atoms with van der Waals surface area (Å²) in [6, 6.07) is 9.70. The fourth-order valence-electron chi connectivity index (χ4n) is 2.26. The van der Waals surface area contributed by atoms with E-state index in [0.29, 0.717) is 0 Å². The van der Waals surface area contributed by atoms with Crippen LogP contribution in [0, 0.1) is 5.82 Å². The van der Waals surface area contributed by atoms with E-state index in [0.717, 1.165) is 4.31 Å². The van der Waals surface area contributed by atoms with Crippen molar-refractivity contribution in [3.63, 3.8) is 0 Å². The van der Waals surface area contributed by atoms with E-state index in [1.165, 1.54) is 38.4 Å². The molecular weight excluding hydrogens is 492 g/mol. The van der Waals surface area contributed by atoms with Gasteiger partial charge in [-0.15, -0.1) is 0 Å². The summed E-state index contributed by atoms with van der Waals surface area (Å²) in [5.74, 6) is -0.686. The normalized spacial score (nSPS) is 12.5. The Bertz CT molecular complexity index is 1190. The fourth-order valence-corrected chi connectivity index (χ4v) is 5.03. The van der Waals surface area contributed by atoms with Gasteiger partial charge in [0, 0.05) is 14.1 Å². The quantitative estimate of drug-likeness (QED) is 0.308. The minimum Gasteiger partial charge on any atom is -0.541 e. The third-order valence-electron chi connectivity index (χ3n) is 5.22. The van der Waals surface area contributed by atoms with Crippen molar-refractivity contribution in [2.24, 2.45) is 9.98 Å². The number of rotatable bonds is 6. The van der Waals surface area contributed by atoms with Crippen LogP contribution in [0.2, 0.25) is 28.2 Å². The first-order chi connectivity index (χ1) is 14.6. The first-order valence-corrected chi connectivity index (χ1v) is 14.7. The van der Waals surface area contributed by atoms with E-state index in [-0.39, 0.29) is 37.1 Å². The van der Waals surface area contributed by atoms with Crippen molar-refractivity contribution in [2.75, 3.05) is 14.1 Å². The lowest BCUT2D eigenvalue weighted by Crippen LogP contribution is -2.44. The molecule has 0 spiro atoms. The summed E-state index contributed by atoms with van der Waals surface area (Å²) in [4.78, 5) is 7.84. The minimum atomic E-state index is -3.97. The Morgan fingerprint density at radius 3 is 2.19 bits per heavy atom. The van der Waals surface area contributed by atoms with Crippen molar-refractivity contribution in [1.29, 1.82) is 0 Å². The average molecular weight is 519 g/mol. The molecular formula is C21H26Cl2FN3O3SSi. The lowest BCUT2D eigenvalue weighted by Gasteiger charge is -2.37. The zero-order valence-corrected chi connectivity index (χ0v) is 22.3.